The van der Waals surface area contributed by atoms with Crippen molar-refractivity contribution >= 4 is 30.5 Å². The zero-order chi connectivity index (χ0) is 15.1. The Morgan fingerprint density at radius 3 is 2.09 bits per heavy atom. The lowest BCUT2D eigenvalue weighted by Crippen LogP contribution is -3.00. The van der Waals surface area contributed by atoms with E-state index in [1.165, 1.54) is 16.8 Å². The van der Waals surface area contributed by atoms with Gasteiger partial charge in [0.05, 0.1) is 0 Å². The second-order valence-corrected chi connectivity index (χ2v) is 5.67. The molecule has 0 aliphatic heterocycles. The molecule has 0 saturated heterocycles. The van der Waals surface area contributed by atoms with Crippen molar-refractivity contribution in [1.29, 1.82) is 0 Å². The molecule has 2 rings (SSSR count). The molecule has 0 atom stereocenters. The highest BCUT2D eigenvalue weighted by Gasteiger charge is 1.99. The molecular formula is C18H23IN2S. The van der Waals surface area contributed by atoms with Crippen LogP contribution in [-0.2, 0) is 7.05 Å². The molecule has 118 valence electrons. The highest BCUT2D eigenvalue weighted by Crippen LogP contribution is 2.16. The summed E-state index contributed by atoms with van der Waals surface area (Å²) >= 11 is 4.26. The van der Waals surface area contributed by atoms with Gasteiger partial charge < -0.3 is 28.9 Å². The number of pyridine rings is 1. The third kappa shape index (κ3) is 6.01. The third-order valence-electron chi connectivity index (χ3n) is 3.46. The second kappa shape index (κ2) is 9.90. The van der Waals surface area contributed by atoms with Gasteiger partial charge in [-0.15, -0.1) is 0 Å². The molecule has 0 bridgehead atoms. The average molecular weight is 426 g/mol. The summed E-state index contributed by atoms with van der Waals surface area (Å²) in [6.45, 7) is 1.04. The van der Waals surface area contributed by atoms with E-state index < -0.39 is 0 Å². The van der Waals surface area contributed by atoms with E-state index in [4.69, 9.17) is 0 Å². The number of hydrogen-bond acceptors (Lipinski definition) is 2. The minimum absolute atomic E-state index is 0. The molecule has 0 spiro atoms. The molecule has 0 N–H and O–H groups in total. The van der Waals surface area contributed by atoms with Crippen LogP contribution in [-0.4, -0.2) is 19.3 Å². The molecule has 0 unspecified atom stereocenters. The Bertz CT molecular complexity index is 579. The van der Waals surface area contributed by atoms with Crippen LogP contribution in [0.15, 0.2) is 48.8 Å². The molecule has 0 aliphatic carbocycles. The van der Waals surface area contributed by atoms with Crippen LogP contribution in [0, 0.1) is 0 Å². The maximum absolute atomic E-state index is 4.26. The minimum Gasteiger partial charge on any atom is -1.00 e. The first-order chi connectivity index (χ1) is 10.2. The van der Waals surface area contributed by atoms with E-state index in [1.807, 2.05) is 11.6 Å². The number of nitrogens with zero attached hydrogens (tertiary/aromatic N) is 2. The Labute approximate surface area is 156 Å². The molecule has 2 aromatic rings. The number of rotatable bonds is 6. The molecule has 0 aliphatic rings. The Kier molecular flexibility index (Phi) is 8.56. The summed E-state index contributed by atoms with van der Waals surface area (Å²) in [6, 6.07) is 12.9. The molecule has 4 heteroatoms. The van der Waals surface area contributed by atoms with E-state index in [0.717, 1.165) is 18.7 Å². The number of anilines is 1. The smallest absolute Gasteiger partial charge is 0.169 e. The van der Waals surface area contributed by atoms with Gasteiger partial charge >= 0.3 is 0 Å². The standard InChI is InChI=1S/C18H22N2S.HI/c1-19-13-10-17(11-14-19)5-4-16-6-8-18(9-7-16)20(2)12-3-15-21;/h4-11,13-14H,3,12,15H2,1-2H3;1H. The van der Waals surface area contributed by atoms with Crippen molar-refractivity contribution in [3.05, 3.63) is 59.9 Å². The lowest BCUT2D eigenvalue weighted by Gasteiger charge is -2.18. The van der Waals surface area contributed by atoms with E-state index >= 15 is 0 Å². The molecular weight excluding hydrogens is 403 g/mol. The van der Waals surface area contributed by atoms with Crippen molar-refractivity contribution in [2.75, 3.05) is 24.2 Å². The van der Waals surface area contributed by atoms with E-state index in [9.17, 15) is 0 Å². The van der Waals surface area contributed by atoms with Crippen LogP contribution in [0.25, 0.3) is 12.2 Å². The van der Waals surface area contributed by atoms with E-state index in [2.05, 4.69) is 85.5 Å². The maximum atomic E-state index is 4.26. The van der Waals surface area contributed by atoms with Crippen molar-refractivity contribution in [3.63, 3.8) is 0 Å². The van der Waals surface area contributed by atoms with Crippen LogP contribution in [0.5, 0.6) is 0 Å². The van der Waals surface area contributed by atoms with Crippen LogP contribution >= 0.6 is 12.6 Å². The Morgan fingerprint density at radius 1 is 1.00 bits per heavy atom. The van der Waals surface area contributed by atoms with Crippen LogP contribution < -0.4 is 33.4 Å². The maximum Gasteiger partial charge on any atom is 0.169 e. The van der Waals surface area contributed by atoms with Crippen LogP contribution in [0.3, 0.4) is 0 Å². The molecule has 0 fully saturated rings. The molecule has 1 heterocycles. The highest BCUT2D eigenvalue weighted by atomic mass is 127. The van der Waals surface area contributed by atoms with Gasteiger partial charge in [0.15, 0.2) is 12.4 Å². The van der Waals surface area contributed by atoms with Gasteiger partial charge in [-0.25, -0.2) is 4.57 Å². The molecule has 0 amide bonds. The minimum atomic E-state index is 0. The lowest BCUT2D eigenvalue weighted by atomic mass is 10.1. The SMILES string of the molecule is CN(CCCS)c1ccc(/C=C/c2cc[n+](C)cc2)cc1.[I-]. The van der Waals surface area contributed by atoms with Crippen LogP contribution in [0.1, 0.15) is 17.5 Å². The van der Waals surface area contributed by atoms with Gasteiger partial charge in [-0.2, -0.15) is 12.6 Å². The summed E-state index contributed by atoms with van der Waals surface area (Å²) in [5.74, 6) is 0.931. The molecule has 0 saturated carbocycles. The highest BCUT2D eigenvalue weighted by molar-refractivity contribution is 7.80. The Morgan fingerprint density at radius 2 is 1.55 bits per heavy atom. The first-order valence-electron chi connectivity index (χ1n) is 7.24. The third-order valence-corrected chi connectivity index (χ3v) is 3.77. The molecule has 0 radical (unpaired) electrons. The van der Waals surface area contributed by atoms with Crippen molar-refractivity contribution in [2.45, 2.75) is 6.42 Å². The Balaban J connectivity index is 0.00000242. The molecule has 1 aromatic carbocycles. The number of aromatic nitrogens is 1. The fourth-order valence-corrected chi connectivity index (χ4v) is 2.23. The summed E-state index contributed by atoms with van der Waals surface area (Å²) < 4.78 is 2.03. The zero-order valence-corrected chi connectivity index (χ0v) is 16.2. The molecule has 2 nitrogen and oxygen atoms in total. The Hall–Kier alpha value is -1.01. The number of thiol groups is 1. The first-order valence-corrected chi connectivity index (χ1v) is 7.88. The van der Waals surface area contributed by atoms with Gasteiger partial charge in [-0.1, -0.05) is 24.3 Å². The lowest BCUT2D eigenvalue weighted by molar-refractivity contribution is -0.671. The van der Waals surface area contributed by atoms with E-state index in [1.54, 1.807) is 0 Å². The van der Waals surface area contributed by atoms with Crippen molar-refractivity contribution in [1.82, 2.24) is 0 Å². The van der Waals surface area contributed by atoms with Crippen molar-refractivity contribution in [2.24, 2.45) is 7.05 Å². The van der Waals surface area contributed by atoms with Gasteiger partial charge in [0.1, 0.15) is 7.05 Å². The number of aryl methyl sites for hydroxylation is 1. The average Bonchev–Trinajstić information content (AvgIpc) is 2.52. The van der Waals surface area contributed by atoms with E-state index in [0.29, 0.717) is 0 Å². The first kappa shape index (κ1) is 19.0. The van der Waals surface area contributed by atoms with E-state index in [-0.39, 0.29) is 24.0 Å². The van der Waals surface area contributed by atoms with Crippen LogP contribution in [0.4, 0.5) is 5.69 Å². The summed E-state index contributed by atoms with van der Waals surface area (Å²) in [4.78, 5) is 2.26. The fraction of sp³-hybridized carbons (Fsp3) is 0.278. The monoisotopic (exact) mass is 426 g/mol. The molecule has 22 heavy (non-hydrogen) atoms. The fourth-order valence-electron chi connectivity index (χ4n) is 2.09. The largest absolute Gasteiger partial charge is 1.00 e. The van der Waals surface area contributed by atoms with Gasteiger partial charge in [-0.3, -0.25) is 0 Å². The summed E-state index contributed by atoms with van der Waals surface area (Å²) in [5.41, 5.74) is 3.68. The van der Waals surface area contributed by atoms with Crippen molar-refractivity contribution in [3.8, 4) is 0 Å². The normalized spacial score (nSPS) is 10.5. The van der Waals surface area contributed by atoms with Gasteiger partial charge in [0.25, 0.3) is 0 Å². The quantitative estimate of drug-likeness (QED) is 0.400. The predicted molar refractivity (Wildman–Crippen MR) is 94.7 cm³/mol. The summed E-state index contributed by atoms with van der Waals surface area (Å²) in [5, 5.41) is 0. The van der Waals surface area contributed by atoms with Gasteiger partial charge in [0, 0.05) is 31.4 Å². The topological polar surface area (TPSA) is 7.12 Å². The number of halogens is 1. The van der Waals surface area contributed by atoms with Gasteiger partial charge in [0.2, 0.25) is 0 Å². The summed E-state index contributed by atoms with van der Waals surface area (Å²) in [7, 11) is 4.15. The number of benzene rings is 1. The molecule has 1 aromatic heterocycles. The number of hydrogen-bond donors (Lipinski definition) is 1. The predicted octanol–water partition coefficient (Wildman–Crippen LogP) is 0.442. The van der Waals surface area contributed by atoms with Crippen LogP contribution in [0.2, 0.25) is 0 Å². The van der Waals surface area contributed by atoms with Crippen molar-refractivity contribution < 1.29 is 28.5 Å². The summed E-state index contributed by atoms with van der Waals surface area (Å²) in [6.07, 6.45) is 9.50. The van der Waals surface area contributed by atoms with Gasteiger partial charge in [-0.05, 0) is 35.4 Å². The zero-order valence-electron chi connectivity index (χ0n) is 13.1. The second-order valence-electron chi connectivity index (χ2n) is 5.22.